The molecule has 3 atom stereocenters. The van der Waals surface area contributed by atoms with Crippen LogP contribution in [-0.2, 0) is 0 Å². The largest absolute Gasteiger partial charge is 0.0651 e. The molecule has 1 aliphatic carbocycles. The maximum absolute atomic E-state index is 2.46. The molecule has 1 fully saturated rings. The average molecular weight is 154 g/mol. The van der Waals surface area contributed by atoms with Crippen LogP contribution < -0.4 is 0 Å². The maximum atomic E-state index is 2.46. The summed E-state index contributed by atoms with van der Waals surface area (Å²) >= 11 is 0. The Hall–Kier alpha value is 0. The second-order valence-corrected chi connectivity index (χ2v) is 4.87. The van der Waals surface area contributed by atoms with E-state index in [9.17, 15) is 0 Å². The Labute approximate surface area is 71.4 Å². The number of hydrogen-bond donors (Lipinski definition) is 0. The van der Waals surface area contributed by atoms with Crippen LogP contribution in [-0.4, -0.2) is 0 Å². The molecule has 1 aliphatic rings. The van der Waals surface area contributed by atoms with Crippen molar-refractivity contribution in [1.82, 2.24) is 0 Å². The first kappa shape index (κ1) is 9.09. The minimum Gasteiger partial charge on any atom is -0.0651 e. The molecular weight excluding hydrogens is 132 g/mol. The van der Waals surface area contributed by atoms with Crippen LogP contribution in [0.3, 0.4) is 0 Å². The topological polar surface area (TPSA) is 0 Å². The first-order valence-corrected chi connectivity index (χ1v) is 5.02. The predicted molar refractivity (Wildman–Crippen MR) is 50.5 cm³/mol. The Morgan fingerprint density at radius 3 is 2.00 bits per heavy atom. The fraction of sp³-hybridized carbons (Fsp3) is 1.00. The average Bonchev–Trinajstić information content (AvgIpc) is 2.41. The van der Waals surface area contributed by atoms with Crippen LogP contribution in [0, 0.1) is 23.2 Å². The SMILES string of the molecule is CCC(C(C)C)C1(C)CC1C. The van der Waals surface area contributed by atoms with E-state index in [1.54, 1.807) is 0 Å². The zero-order chi connectivity index (χ0) is 8.65. The first-order valence-electron chi connectivity index (χ1n) is 5.02. The van der Waals surface area contributed by atoms with Gasteiger partial charge in [0.1, 0.15) is 0 Å². The first-order chi connectivity index (χ1) is 5.02. The molecule has 3 unspecified atom stereocenters. The molecule has 1 saturated carbocycles. The van der Waals surface area contributed by atoms with Crippen LogP contribution in [0.25, 0.3) is 0 Å². The molecule has 0 saturated heterocycles. The van der Waals surface area contributed by atoms with Gasteiger partial charge in [0, 0.05) is 0 Å². The second-order valence-electron chi connectivity index (χ2n) is 4.87. The van der Waals surface area contributed by atoms with Gasteiger partial charge < -0.3 is 0 Å². The molecule has 0 aliphatic heterocycles. The summed E-state index contributed by atoms with van der Waals surface area (Å²) in [6, 6.07) is 0. The fourth-order valence-electron chi connectivity index (χ4n) is 2.82. The summed E-state index contributed by atoms with van der Waals surface area (Å²) < 4.78 is 0. The van der Waals surface area contributed by atoms with Crippen molar-refractivity contribution in [2.45, 2.75) is 47.5 Å². The monoisotopic (exact) mass is 154 g/mol. The number of rotatable bonds is 3. The molecule has 66 valence electrons. The highest BCUT2D eigenvalue weighted by Crippen LogP contribution is 2.59. The van der Waals surface area contributed by atoms with Crippen LogP contribution >= 0.6 is 0 Å². The molecule has 11 heavy (non-hydrogen) atoms. The maximum Gasteiger partial charge on any atom is -0.0267 e. The molecule has 0 spiro atoms. The Kier molecular flexibility index (Phi) is 2.32. The van der Waals surface area contributed by atoms with E-state index in [1.165, 1.54) is 12.8 Å². The zero-order valence-corrected chi connectivity index (χ0v) is 8.65. The highest BCUT2D eigenvalue weighted by molar-refractivity contribution is 5.00. The van der Waals surface area contributed by atoms with Gasteiger partial charge in [0.25, 0.3) is 0 Å². The molecule has 0 N–H and O–H groups in total. The third kappa shape index (κ3) is 1.45. The van der Waals surface area contributed by atoms with Crippen molar-refractivity contribution in [3.05, 3.63) is 0 Å². The molecule has 0 nitrogen and oxygen atoms in total. The molecule has 0 radical (unpaired) electrons. The molecule has 1 rings (SSSR count). The van der Waals surface area contributed by atoms with Gasteiger partial charge in [-0.2, -0.15) is 0 Å². The summed E-state index contributed by atoms with van der Waals surface area (Å²) in [5.41, 5.74) is 0.697. The van der Waals surface area contributed by atoms with Gasteiger partial charge in [0.15, 0.2) is 0 Å². The summed E-state index contributed by atoms with van der Waals surface area (Å²) in [6.45, 7) is 11.9. The Morgan fingerprint density at radius 1 is 1.45 bits per heavy atom. The summed E-state index contributed by atoms with van der Waals surface area (Å²) in [4.78, 5) is 0. The number of hydrogen-bond acceptors (Lipinski definition) is 0. The van der Waals surface area contributed by atoms with Crippen molar-refractivity contribution >= 4 is 0 Å². The van der Waals surface area contributed by atoms with Gasteiger partial charge in [-0.25, -0.2) is 0 Å². The van der Waals surface area contributed by atoms with Gasteiger partial charge in [-0.1, -0.05) is 41.0 Å². The van der Waals surface area contributed by atoms with Crippen molar-refractivity contribution in [3.63, 3.8) is 0 Å². The fourth-order valence-corrected chi connectivity index (χ4v) is 2.82. The molecule has 0 aromatic carbocycles. The van der Waals surface area contributed by atoms with Crippen molar-refractivity contribution in [2.24, 2.45) is 23.2 Å². The Morgan fingerprint density at radius 2 is 1.91 bits per heavy atom. The quantitative estimate of drug-likeness (QED) is 0.581. The molecule has 0 heteroatoms. The predicted octanol–water partition coefficient (Wildman–Crippen LogP) is 3.71. The van der Waals surface area contributed by atoms with E-state index in [-0.39, 0.29) is 0 Å². The third-order valence-corrected chi connectivity index (χ3v) is 3.80. The zero-order valence-electron chi connectivity index (χ0n) is 8.65. The standard InChI is InChI=1S/C11H22/c1-6-10(8(2)3)11(5)7-9(11)4/h8-10H,6-7H2,1-5H3. The lowest BCUT2D eigenvalue weighted by Gasteiger charge is -2.26. The molecule has 0 aromatic heterocycles. The Balaban J connectivity index is 2.56. The summed E-state index contributed by atoms with van der Waals surface area (Å²) in [6.07, 6.45) is 2.82. The van der Waals surface area contributed by atoms with Gasteiger partial charge in [0.2, 0.25) is 0 Å². The van der Waals surface area contributed by atoms with Gasteiger partial charge >= 0.3 is 0 Å². The molecule has 0 aromatic rings. The van der Waals surface area contributed by atoms with E-state index in [0.717, 1.165) is 17.8 Å². The van der Waals surface area contributed by atoms with Crippen LogP contribution in [0.1, 0.15) is 47.5 Å². The molecule has 0 amide bonds. The van der Waals surface area contributed by atoms with Gasteiger partial charge in [0.05, 0.1) is 0 Å². The third-order valence-electron chi connectivity index (χ3n) is 3.80. The van der Waals surface area contributed by atoms with E-state index in [2.05, 4.69) is 34.6 Å². The highest BCUT2D eigenvalue weighted by atomic mass is 14.6. The molecule has 0 bridgehead atoms. The van der Waals surface area contributed by atoms with Crippen molar-refractivity contribution in [3.8, 4) is 0 Å². The lowest BCUT2D eigenvalue weighted by Crippen LogP contribution is -2.19. The van der Waals surface area contributed by atoms with Gasteiger partial charge in [-0.05, 0) is 29.6 Å². The van der Waals surface area contributed by atoms with E-state index in [1.807, 2.05) is 0 Å². The van der Waals surface area contributed by atoms with E-state index < -0.39 is 0 Å². The van der Waals surface area contributed by atoms with Crippen molar-refractivity contribution in [2.75, 3.05) is 0 Å². The molecular formula is C11H22. The lowest BCUT2D eigenvalue weighted by atomic mass is 9.79. The normalized spacial score (nSPS) is 39.3. The lowest BCUT2D eigenvalue weighted by molar-refractivity contribution is 0.226. The second kappa shape index (κ2) is 2.80. The smallest absolute Gasteiger partial charge is 0.0267 e. The summed E-state index contributed by atoms with van der Waals surface area (Å²) in [7, 11) is 0. The van der Waals surface area contributed by atoms with Crippen LogP contribution in [0.15, 0.2) is 0 Å². The van der Waals surface area contributed by atoms with Gasteiger partial charge in [-0.15, -0.1) is 0 Å². The van der Waals surface area contributed by atoms with E-state index >= 15 is 0 Å². The summed E-state index contributed by atoms with van der Waals surface area (Å²) in [5, 5.41) is 0. The van der Waals surface area contributed by atoms with Crippen LogP contribution in [0.2, 0.25) is 0 Å². The van der Waals surface area contributed by atoms with Crippen molar-refractivity contribution in [1.29, 1.82) is 0 Å². The summed E-state index contributed by atoms with van der Waals surface area (Å²) in [5.74, 6) is 2.81. The molecule has 0 heterocycles. The van der Waals surface area contributed by atoms with Crippen LogP contribution in [0.4, 0.5) is 0 Å². The Bertz CT molecular complexity index is 137. The highest BCUT2D eigenvalue weighted by Gasteiger charge is 2.51. The van der Waals surface area contributed by atoms with Crippen LogP contribution in [0.5, 0.6) is 0 Å². The van der Waals surface area contributed by atoms with Crippen molar-refractivity contribution < 1.29 is 0 Å². The van der Waals surface area contributed by atoms with E-state index in [4.69, 9.17) is 0 Å². The van der Waals surface area contributed by atoms with Gasteiger partial charge in [-0.3, -0.25) is 0 Å². The minimum atomic E-state index is 0.697. The minimum absolute atomic E-state index is 0.697. The van der Waals surface area contributed by atoms with E-state index in [0.29, 0.717) is 5.41 Å².